The number of amides is 2. The number of rotatable bonds is 3. The second kappa shape index (κ2) is 6.06. The number of carbonyl (C=O) groups excluding carboxylic acids is 1. The summed E-state index contributed by atoms with van der Waals surface area (Å²) in [7, 11) is 3.58. The van der Waals surface area contributed by atoms with Crippen molar-refractivity contribution in [2.75, 3.05) is 27.2 Å². The lowest BCUT2D eigenvalue weighted by Gasteiger charge is -2.33. The average molecular weight is 266 g/mol. The number of aromatic nitrogens is 1. The highest BCUT2D eigenvalue weighted by atomic mass is 16.5. The minimum atomic E-state index is 0.101. The number of piperidine rings is 1. The van der Waals surface area contributed by atoms with Crippen LogP contribution in [0.25, 0.3) is 0 Å². The van der Waals surface area contributed by atoms with Crippen LogP contribution < -0.4 is 5.32 Å². The maximum atomic E-state index is 11.8. The Balaban J connectivity index is 1.73. The zero-order chi connectivity index (χ0) is 13.8. The summed E-state index contributed by atoms with van der Waals surface area (Å²) in [5, 5.41) is 7.32. The molecule has 0 aromatic carbocycles. The standard InChI is InChI=1S/C13H22N4O2/c1-10-8-12(19-15-10)9-14-11-4-6-17(7-5-11)13(18)16(2)3/h8,11,14H,4-7,9H2,1-3H3. The van der Waals surface area contributed by atoms with E-state index >= 15 is 0 Å². The first-order valence-electron chi connectivity index (χ1n) is 6.68. The molecule has 0 spiro atoms. The smallest absolute Gasteiger partial charge is 0.319 e. The van der Waals surface area contributed by atoms with E-state index in [1.54, 1.807) is 19.0 Å². The van der Waals surface area contributed by atoms with E-state index in [9.17, 15) is 4.79 Å². The Morgan fingerprint density at radius 1 is 1.53 bits per heavy atom. The van der Waals surface area contributed by atoms with Crippen molar-refractivity contribution < 1.29 is 9.32 Å². The molecule has 2 heterocycles. The summed E-state index contributed by atoms with van der Waals surface area (Å²) in [6, 6.07) is 2.48. The monoisotopic (exact) mass is 266 g/mol. The minimum Gasteiger partial charge on any atom is -0.360 e. The number of likely N-dealkylation sites (tertiary alicyclic amines) is 1. The summed E-state index contributed by atoms with van der Waals surface area (Å²) in [6.45, 7) is 4.24. The zero-order valence-corrected chi connectivity index (χ0v) is 11.8. The fraction of sp³-hybridized carbons (Fsp3) is 0.692. The number of hydrogen-bond donors (Lipinski definition) is 1. The molecule has 19 heavy (non-hydrogen) atoms. The summed E-state index contributed by atoms with van der Waals surface area (Å²) in [4.78, 5) is 15.3. The molecule has 1 aliphatic heterocycles. The molecule has 1 fully saturated rings. The highest BCUT2D eigenvalue weighted by Crippen LogP contribution is 2.12. The first kappa shape index (κ1) is 13.9. The van der Waals surface area contributed by atoms with Crippen LogP contribution in [0, 0.1) is 6.92 Å². The molecule has 0 atom stereocenters. The highest BCUT2D eigenvalue weighted by Gasteiger charge is 2.23. The third-order valence-electron chi connectivity index (χ3n) is 3.39. The lowest BCUT2D eigenvalue weighted by molar-refractivity contribution is 0.152. The van der Waals surface area contributed by atoms with Crippen molar-refractivity contribution >= 4 is 6.03 Å². The van der Waals surface area contributed by atoms with Crippen LogP contribution in [0.3, 0.4) is 0 Å². The van der Waals surface area contributed by atoms with Gasteiger partial charge in [-0.1, -0.05) is 5.16 Å². The van der Waals surface area contributed by atoms with Gasteiger partial charge in [-0.15, -0.1) is 0 Å². The van der Waals surface area contributed by atoms with E-state index in [4.69, 9.17) is 4.52 Å². The molecule has 1 N–H and O–H groups in total. The molecule has 2 amide bonds. The van der Waals surface area contributed by atoms with E-state index in [0.717, 1.165) is 37.4 Å². The van der Waals surface area contributed by atoms with E-state index in [1.807, 2.05) is 17.9 Å². The second-order valence-corrected chi connectivity index (χ2v) is 5.25. The molecule has 0 aliphatic carbocycles. The van der Waals surface area contributed by atoms with Gasteiger partial charge in [0.05, 0.1) is 12.2 Å². The van der Waals surface area contributed by atoms with Gasteiger partial charge >= 0.3 is 6.03 Å². The molecule has 1 aromatic rings. The number of urea groups is 1. The van der Waals surface area contributed by atoms with Crippen LogP contribution >= 0.6 is 0 Å². The number of carbonyl (C=O) groups is 1. The summed E-state index contributed by atoms with van der Waals surface area (Å²) in [5.41, 5.74) is 0.906. The van der Waals surface area contributed by atoms with Crippen LogP contribution in [0.15, 0.2) is 10.6 Å². The first-order valence-corrected chi connectivity index (χ1v) is 6.68. The van der Waals surface area contributed by atoms with Crippen molar-refractivity contribution in [3.05, 3.63) is 17.5 Å². The fourth-order valence-corrected chi connectivity index (χ4v) is 2.30. The summed E-state index contributed by atoms with van der Waals surface area (Å²) in [5.74, 6) is 0.865. The lowest BCUT2D eigenvalue weighted by Crippen LogP contribution is -2.47. The molecule has 1 aliphatic rings. The van der Waals surface area contributed by atoms with E-state index in [0.29, 0.717) is 12.6 Å². The van der Waals surface area contributed by atoms with Gasteiger partial charge in [0.15, 0.2) is 5.76 Å². The summed E-state index contributed by atoms with van der Waals surface area (Å²) in [6.07, 6.45) is 1.96. The molecule has 0 radical (unpaired) electrons. The predicted molar refractivity (Wildman–Crippen MR) is 71.8 cm³/mol. The van der Waals surface area contributed by atoms with Crippen LogP contribution in [-0.2, 0) is 6.54 Å². The maximum absolute atomic E-state index is 11.8. The highest BCUT2D eigenvalue weighted by molar-refractivity contribution is 5.73. The van der Waals surface area contributed by atoms with Gasteiger partial charge in [-0.3, -0.25) is 0 Å². The van der Waals surface area contributed by atoms with Crippen LogP contribution in [0.4, 0.5) is 4.79 Å². The van der Waals surface area contributed by atoms with Crippen LogP contribution in [0.5, 0.6) is 0 Å². The minimum absolute atomic E-state index is 0.101. The number of nitrogens with zero attached hydrogens (tertiary/aromatic N) is 3. The maximum Gasteiger partial charge on any atom is 0.319 e. The molecular formula is C13H22N4O2. The SMILES string of the molecule is Cc1cc(CNC2CCN(C(=O)N(C)C)CC2)on1. The van der Waals surface area contributed by atoms with E-state index in [1.165, 1.54) is 0 Å². The molecule has 2 rings (SSSR count). The van der Waals surface area contributed by atoms with Crippen LogP contribution in [0.1, 0.15) is 24.3 Å². The third kappa shape index (κ3) is 3.70. The topological polar surface area (TPSA) is 61.6 Å². The van der Waals surface area contributed by atoms with Crippen molar-refractivity contribution in [3.63, 3.8) is 0 Å². The first-order chi connectivity index (χ1) is 9.06. The van der Waals surface area contributed by atoms with Crippen molar-refractivity contribution in [2.24, 2.45) is 0 Å². The van der Waals surface area contributed by atoms with E-state index in [2.05, 4.69) is 10.5 Å². The second-order valence-electron chi connectivity index (χ2n) is 5.25. The van der Waals surface area contributed by atoms with Gasteiger partial charge in [-0.2, -0.15) is 0 Å². The van der Waals surface area contributed by atoms with Crippen LogP contribution in [-0.4, -0.2) is 54.2 Å². The number of aryl methyl sites for hydroxylation is 1. The summed E-state index contributed by atoms with van der Waals surface area (Å²) < 4.78 is 5.16. The molecule has 106 valence electrons. The van der Waals surface area contributed by atoms with Gasteiger partial charge < -0.3 is 19.6 Å². The third-order valence-corrected chi connectivity index (χ3v) is 3.39. The van der Waals surface area contributed by atoms with Crippen LogP contribution in [0.2, 0.25) is 0 Å². The normalized spacial score (nSPS) is 16.7. The fourth-order valence-electron chi connectivity index (χ4n) is 2.30. The Labute approximate surface area is 113 Å². The molecule has 0 saturated carbocycles. The van der Waals surface area contributed by atoms with Gasteiger partial charge in [-0.05, 0) is 19.8 Å². The van der Waals surface area contributed by atoms with E-state index in [-0.39, 0.29) is 6.03 Å². The molecule has 0 unspecified atom stereocenters. The lowest BCUT2D eigenvalue weighted by atomic mass is 10.1. The molecule has 1 saturated heterocycles. The molecule has 1 aromatic heterocycles. The Morgan fingerprint density at radius 3 is 2.74 bits per heavy atom. The number of hydrogen-bond acceptors (Lipinski definition) is 4. The van der Waals surface area contributed by atoms with Gasteiger partial charge in [0.2, 0.25) is 0 Å². The van der Waals surface area contributed by atoms with Crippen molar-refractivity contribution in [1.82, 2.24) is 20.3 Å². The van der Waals surface area contributed by atoms with Crippen molar-refractivity contribution in [3.8, 4) is 0 Å². The Hall–Kier alpha value is -1.56. The average Bonchev–Trinajstić information content (AvgIpc) is 2.82. The summed E-state index contributed by atoms with van der Waals surface area (Å²) >= 11 is 0. The van der Waals surface area contributed by atoms with E-state index < -0.39 is 0 Å². The van der Waals surface area contributed by atoms with Crippen molar-refractivity contribution in [2.45, 2.75) is 32.4 Å². The quantitative estimate of drug-likeness (QED) is 0.893. The molecular weight excluding hydrogens is 244 g/mol. The Bertz CT molecular complexity index is 422. The molecule has 6 heteroatoms. The number of nitrogens with one attached hydrogen (secondary N) is 1. The van der Waals surface area contributed by atoms with Gasteiger partial charge in [0.25, 0.3) is 0 Å². The Morgan fingerprint density at radius 2 is 2.21 bits per heavy atom. The van der Waals surface area contributed by atoms with Gasteiger partial charge in [-0.25, -0.2) is 4.79 Å². The molecule has 0 bridgehead atoms. The zero-order valence-electron chi connectivity index (χ0n) is 11.8. The van der Waals surface area contributed by atoms with Gasteiger partial charge in [0, 0.05) is 39.3 Å². The largest absolute Gasteiger partial charge is 0.360 e. The molecule has 6 nitrogen and oxygen atoms in total. The Kier molecular flexibility index (Phi) is 4.42. The van der Waals surface area contributed by atoms with Gasteiger partial charge in [0.1, 0.15) is 0 Å². The predicted octanol–water partition coefficient (Wildman–Crippen LogP) is 1.22. The van der Waals surface area contributed by atoms with Crippen molar-refractivity contribution in [1.29, 1.82) is 0 Å².